The number of benzene rings is 3. The van der Waals surface area contributed by atoms with Gasteiger partial charge in [0.05, 0.1) is 10.9 Å². The van der Waals surface area contributed by atoms with Crippen LogP contribution in [-0.2, 0) is 21.2 Å². The maximum atomic E-state index is 13.6. The van der Waals surface area contributed by atoms with Gasteiger partial charge in [0.2, 0.25) is 15.9 Å². The number of halogens is 1. The van der Waals surface area contributed by atoms with Gasteiger partial charge in [-0.2, -0.15) is 4.31 Å². The van der Waals surface area contributed by atoms with E-state index < -0.39 is 10.0 Å². The van der Waals surface area contributed by atoms with Crippen molar-refractivity contribution in [3.63, 3.8) is 0 Å². The average Bonchev–Trinajstić information content (AvgIpc) is 3.69. The van der Waals surface area contributed by atoms with Crippen LogP contribution in [0, 0.1) is 5.92 Å². The summed E-state index contributed by atoms with van der Waals surface area (Å²) in [6.07, 6.45) is 2.63. The fourth-order valence-electron chi connectivity index (χ4n) is 5.56. The largest absolute Gasteiger partial charge is 0.312 e. The predicted octanol–water partition coefficient (Wildman–Crippen LogP) is 4.74. The minimum atomic E-state index is -3.62. The van der Waals surface area contributed by atoms with Crippen LogP contribution in [0.15, 0.2) is 77.7 Å². The Bertz CT molecular complexity index is 1400. The van der Waals surface area contributed by atoms with Gasteiger partial charge in [0.25, 0.3) is 0 Å². The molecule has 2 heterocycles. The average molecular weight is 536 g/mol. The molecule has 3 aliphatic rings. The van der Waals surface area contributed by atoms with Crippen molar-refractivity contribution >= 4 is 33.2 Å². The van der Waals surface area contributed by atoms with E-state index in [9.17, 15) is 13.2 Å². The zero-order valence-corrected chi connectivity index (χ0v) is 22.2. The molecule has 1 saturated carbocycles. The molecular formula is C29H30ClN3O3S. The first-order chi connectivity index (χ1) is 17.9. The number of sulfonamides is 1. The molecular weight excluding hydrogens is 506 g/mol. The molecule has 2 aliphatic heterocycles. The number of carbonyl (C=O) groups is 1. The summed E-state index contributed by atoms with van der Waals surface area (Å²) in [5, 5.41) is 0.695. The highest BCUT2D eigenvalue weighted by Gasteiger charge is 2.37. The molecule has 1 atom stereocenters. The number of amides is 1. The molecule has 8 heteroatoms. The molecule has 6 rings (SSSR count). The number of carbonyl (C=O) groups excluding carboxylic acids is 1. The lowest BCUT2D eigenvalue weighted by Gasteiger charge is -2.39. The summed E-state index contributed by atoms with van der Waals surface area (Å²) in [5.74, 6) is 0.331. The van der Waals surface area contributed by atoms with Crippen molar-refractivity contribution < 1.29 is 13.2 Å². The lowest BCUT2D eigenvalue weighted by atomic mass is 9.96. The summed E-state index contributed by atoms with van der Waals surface area (Å²) < 4.78 is 28.8. The van der Waals surface area contributed by atoms with E-state index in [4.69, 9.17) is 11.6 Å². The van der Waals surface area contributed by atoms with E-state index >= 15 is 0 Å². The van der Waals surface area contributed by atoms with Crippen LogP contribution in [0.5, 0.6) is 0 Å². The van der Waals surface area contributed by atoms with Gasteiger partial charge < -0.3 is 4.90 Å². The summed E-state index contributed by atoms with van der Waals surface area (Å²) in [6.45, 7) is 2.72. The molecule has 0 radical (unpaired) electrons. The fourth-order valence-corrected chi connectivity index (χ4v) is 7.16. The Hall–Kier alpha value is -2.71. The smallest absolute Gasteiger partial charge is 0.243 e. The quantitative estimate of drug-likeness (QED) is 0.457. The molecule has 1 saturated heterocycles. The van der Waals surface area contributed by atoms with E-state index in [0.29, 0.717) is 49.1 Å². The maximum Gasteiger partial charge on any atom is 0.243 e. The summed E-state index contributed by atoms with van der Waals surface area (Å²) in [5.41, 5.74) is 4.12. The van der Waals surface area contributed by atoms with Crippen LogP contribution in [0.4, 0.5) is 5.69 Å². The number of anilines is 1. The Morgan fingerprint density at radius 1 is 0.838 bits per heavy atom. The van der Waals surface area contributed by atoms with Crippen molar-refractivity contribution in [2.75, 3.05) is 37.6 Å². The lowest BCUT2D eigenvalue weighted by molar-refractivity contribution is -0.119. The van der Waals surface area contributed by atoms with Crippen LogP contribution in [-0.4, -0.2) is 56.3 Å². The van der Waals surface area contributed by atoms with E-state index in [1.807, 2.05) is 53.4 Å². The molecule has 3 aromatic carbocycles. The number of fused-ring (bicyclic) bond motifs is 1. The van der Waals surface area contributed by atoms with Crippen molar-refractivity contribution in [2.24, 2.45) is 5.92 Å². The van der Waals surface area contributed by atoms with Gasteiger partial charge in [-0.15, -0.1) is 0 Å². The van der Waals surface area contributed by atoms with Crippen LogP contribution in [0.25, 0.3) is 0 Å². The molecule has 0 bridgehead atoms. The normalized spacial score (nSPS) is 19.5. The zero-order valence-electron chi connectivity index (χ0n) is 20.6. The third-order valence-corrected chi connectivity index (χ3v) is 9.86. The Labute approximate surface area is 223 Å². The summed E-state index contributed by atoms with van der Waals surface area (Å²) >= 11 is 6.14. The molecule has 1 aliphatic carbocycles. The molecule has 0 unspecified atom stereocenters. The highest BCUT2D eigenvalue weighted by atomic mass is 35.5. The molecule has 6 nitrogen and oxygen atoms in total. The molecule has 1 amide bonds. The van der Waals surface area contributed by atoms with Gasteiger partial charge in [-0.3, -0.25) is 9.69 Å². The van der Waals surface area contributed by atoms with Gasteiger partial charge in [0.15, 0.2) is 0 Å². The molecule has 3 aromatic rings. The van der Waals surface area contributed by atoms with E-state index in [-0.39, 0.29) is 17.9 Å². The Kier molecular flexibility index (Phi) is 6.57. The van der Waals surface area contributed by atoms with E-state index in [2.05, 4.69) is 17.0 Å². The van der Waals surface area contributed by atoms with E-state index in [1.54, 1.807) is 16.4 Å². The fraction of sp³-hybridized carbons (Fsp3) is 0.345. The first-order valence-electron chi connectivity index (χ1n) is 12.9. The zero-order chi connectivity index (χ0) is 25.6. The highest BCUT2D eigenvalue weighted by molar-refractivity contribution is 7.89. The summed E-state index contributed by atoms with van der Waals surface area (Å²) in [6, 6.07) is 23.5. The third kappa shape index (κ3) is 4.81. The van der Waals surface area contributed by atoms with Gasteiger partial charge in [-0.1, -0.05) is 54.1 Å². The first kappa shape index (κ1) is 24.6. The van der Waals surface area contributed by atoms with Crippen molar-refractivity contribution in [1.82, 2.24) is 9.21 Å². The van der Waals surface area contributed by atoms with Crippen LogP contribution in [0.1, 0.15) is 35.6 Å². The van der Waals surface area contributed by atoms with Gasteiger partial charge in [-0.25, -0.2) is 8.42 Å². The number of rotatable bonds is 6. The Morgan fingerprint density at radius 3 is 2.19 bits per heavy atom. The van der Waals surface area contributed by atoms with Crippen molar-refractivity contribution in [3.05, 3.63) is 94.5 Å². The minimum Gasteiger partial charge on any atom is -0.312 e. The maximum absolute atomic E-state index is 13.6. The lowest BCUT2D eigenvalue weighted by Crippen LogP contribution is -2.49. The molecule has 2 fully saturated rings. The Balaban J connectivity index is 1.19. The number of hydrogen-bond acceptors (Lipinski definition) is 4. The van der Waals surface area contributed by atoms with Gasteiger partial charge >= 0.3 is 0 Å². The molecule has 0 N–H and O–H groups in total. The monoisotopic (exact) mass is 535 g/mol. The third-order valence-electron chi connectivity index (χ3n) is 7.72. The van der Waals surface area contributed by atoms with Gasteiger partial charge in [0, 0.05) is 49.4 Å². The van der Waals surface area contributed by atoms with Gasteiger partial charge in [0.1, 0.15) is 0 Å². The van der Waals surface area contributed by atoms with Crippen molar-refractivity contribution in [3.8, 4) is 0 Å². The van der Waals surface area contributed by atoms with Crippen molar-refractivity contribution in [2.45, 2.75) is 30.2 Å². The molecule has 0 aromatic heterocycles. The van der Waals surface area contributed by atoms with E-state index in [0.717, 1.165) is 29.7 Å². The van der Waals surface area contributed by atoms with Crippen LogP contribution < -0.4 is 4.90 Å². The van der Waals surface area contributed by atoms with Crippen LogP contribution >= 0.6 is 11.6 Å². The second-order valence-electron chi connectivity index (χ2n) is 10.1. The predicted molar refractivity (Wildman–Crippen MR) is 145 cm³/mol. The second-order valence-corrected chi connectivity index (χ2v) is 12.5. The second kappa shape index (κ2) is 9.87. The van der Waals surface area contributed by atoms with Crippen LogP contribution in [0.2, 0.25) is 5.02 Å². The summed E-state index contributed by atoms with van der Waals surface area (Å²) in [4.78, 5) is 17.1. The Morgan fingerprint density at radius 2 is 1.51 bits per heavy atom. The van der Waals surface area contributed by atoms with Gasteiger partial charge in [-0.05, 0) is 66.3 Å². The number of piperazine rings is 1. The minimum absolute atomic E-state index is 0.0262. The van der Waals surface area contributed by atoms with E-state index in [1.165, 1.54) is 5.56 Å². The molecule has 37 heavy (non-hydrogen) atoms. The molecule has 192 valence electrons. The number of hydrogen-bond donors (Lipinski definition) is 0. The molecule has 0 spiro atoms. The number of nitrogens with zero attached hydrogens (tertiary/aromatic N) is 3. The SMILES string of the molecule is O=C(C1CC1)N1CCc2cc(S(=O)(=O)N3CCN([C@H](c4ccccc4)c4ccc(Cl)cc4)CC3)ccc21. The topological polar surface area (TPSA) is 60.9 Å². The van der Waals surface area contributed by atoms with Crippen molar-refractivity contribution in [1.29, 1.82) is 0 Å². The summed E-state index contributed by atoms with van der Waals surface area (Å²) in [7, 11) is -3.62. The first-order valence-corrected chi connectivity index (χ1v) is 14.7. The standard InChI is InChI=1S/C29H30ClN3O3S/c30-25-10-8-22(9-11-25)28(21-4-2-1-3-5-21)31-16-18-32(19-17-31)37(35,36)26-12-13-27-24(20-26)14-15-33(27)29(34)23-6-7-23/h1-5,8-13,20,23,28H,6-7,14-19H2/t28-/m1/s1. The van der Waals surface area contributed by atoms with Crippen LogP contribution in [0.3, 0.4) is 0 Å². The highest BCUT2D eigenvalue weighted by Crippen LogP contribution is 2.38.